The van der Waals surface area contributed by atoms with Gasteiger partial charge in [0.15, 0.2) is 0 Å². The first kappa shape index (κ1) is 23.2. The van der Waals surface area contributed by atoms with Crippen LogP contribution in [0.4, 0.5) is 0 Å². The predicted molar refractivity (Wildman–Crippen MR) is 182 cm³/mol. The van der Waals surface area contributed by atoms with E-state index in [4.69, 9.17) is 8.83 Å². The second-order valence-corrected chi connectivity index (χ2v) is 12.3. The van der Waals surface area contributed by atoms with Gasteiger partial charge < -0.3 is 8.83 Å². The Kier molecular flexibility index (Phi) is 4.63. The third-order valence-electron chi connectivity index (χ3n) is 8.94. The van der Waals surface area contributed by atoms with Crippen molar-refractivity contribution < 1.29 is 8.83 Å². The molecule has 0 unspecified atom stereocenters. The number of hydrogen-bond acceptors (Lipinski definition) is 3. The van der Waals surface area contributed by atoms with E-state index in [-0.39, 0.29) is 0 Å². The molecular weight excluding hydrogens is 545 g/mol. The molecule has 43 heavy (non-hydrogen) atoms. The molecule has 0 aliphatic carbocycles. The highest BCUT2D eigenvalue weighted by molar-refractivity contribution is 7.25. The maximum absolute atomic E-state index is 6.28. The minimum atomic E-state index is 0.841. The fourth-order valence-corrected chi connectivity index (χ4v) is 8.23. The fraction of sp³-hybridized carbons (Fsp3) is 0. The molecule has 10 aromatic rings. The third-order valence-corrected chi connectivity index (χ3v) is 10.1. The van der Waals surface area contributed by atoms with E-state index < -0.39 is 0 Å². The molecule has 0 bridgehead atoms. The Morgan fingerprint density at radius 3 is 1.91 bits per heavy atom. The van der Waals surface area contributed by atoms with E-state index in [1.807, 2.05) is 23.5 Å². The minimum absolute atomic E-state index is 0.841. The number of thiophene rings is 1. The molecule has 10 rings (SSSR count). The van der Waals surface area contributed by atoms with Gasteiger partial charge in [-0.1, -0.05) is 84.9 Å². The lowest BCUT2D eigenvalue weighted by atomic mass is 9.85. The summed E-state index contributed by atoms with van der Waals surface area (Å²) in [5.41, 5.74) is 7.57. The number of hydrogen-bond donors (Lipinski definition) is 0. The van der Waals surface area contributed by atoms with Crippen LogP contribution in [0.5, 0.6) is 0 Å². The standard InChI is InChI=1S/C40H22O2S/c1-3-10-27-25(8-1)38(24-16-17-33-31(21-24)32-20-23-18-19-41-34(23)22-35(32)42-33)26-9-2-4-11-28(26)39(27)30-13-7-15-37-40(30)29-12-5-6-14-36(29)43-37/h1-22H. The van der Waals surface area contributed by atoms with E-state index in [0.29, 0.717) is 0 Å². The molecular formula is C40H22O2S. The highest BCUT2D eigenvalue weighted by Gasteiger charge is 2.20. The van der Waals surface area contributed by atoms with E-state index >= 15 is 0 Å². The van der Waals surface area contributed by atoms with E-state index in [9.17, 15) is 0 Å². The van der Waals surface area contributed by atoms with Gasteiger partial charge in [-0.05, 0) is 80.2 Å². The van der Waals surface area contributed by atoms with Crippen LogP contribution in [0, 0.1) is 0 Å². The maximum atomic E-state index is 6.28. The van der Waals surface area contributed by atoms with E-state index in [0.717, 1.165) is 32.9 Å². The van der Waals surface area contributed by atoms with Crippen molar-refractivity contribution in [3.8, 4) is 22.3 Å². The van der Waals surface area contributed by atoms with Crippen LogP contribution in [0.2, 0.25) is 0 Å². The molecule has 200 valence electrons. The Bertz CT molecular complexity index is 2680. The Hall–Kier alpha value is -5.38. The van der Waals surface area contributed by atoms with Crippen LogP contribution in [0.25, 0.3) is 96.9 Å². The molecule has 3 aromatic heterocycles. The van der Waals surface area contributed by atoms with Gasteiger partial charge in [-0.2, -0.15) is 0 Å². The molecule has 0 atom stereocenters. The normalized spacial score (nSPS) is 12.2. The molecule has 0 saturated heterocycles. The van der Waals surface area contributed by atoms with Crippen LogP contribution < -0.4 is 0 Å². The second-order valence-electron chi connectivity index (χ2n) is 11.2. The lowest BCUT2D eigenvalue weighted by Crippen LogP contribution is -1.91. The van der Waals surface area contributed by atoms with Crippen molar-refractivity contribution in [2.24, 2.45) is 0 Å². The summed E-state index contributed by atoms with van der Waals surface area (Å²) in [5.74, 6) is 0. The summed E-state index contributed by atoms with van der Waals surface area (Å²) in [6.45, 7) is 0. The van der Waals surface area contributed by atoms with E-state index in [1.165, 1.54) is 64.0 Å². The van der Waals surface area contributed by atoms with Crippen LogP contribution in [-0.4, -0.2) is 0 Å². The summed E-state index contributed by atoms with van der Waals surface area (Å²) in [5, 5.41) is 11.0. The minimum Gasteiger partial charge on any atom is -0.464 e. The molecule has 0 aliphatic heterocycles. The highest BCUT2D eigenvalue weighted by Crippen LogP contribution is 2.48. The Morgan fingerprint density at radius 1 is 0.442 bits per heavy atom. The van der Waals surface area contributed by atoms with Gasteiger partial charge in [-0.3, -0.25) is 0 Å². The first-order valence-electron chi connectivity index (χ1n) is 14.5. The molecule has 0 N–H and O–H groups in total. The summed E-state index contributed by atoms with van der Waals surface area (Å²) in [6, 6.07) is 46.1. The van der Waals surface area contributed by atoms with Crippen molar-refractivity contribution in [3.05, 3.63) is 134 Å². The van der Waals surface area contributed by atoms with E-state index in [1.54, 1.807) is 6.26 Å². The molecule has 7 aromatic carbocycles. The second kappa shape index (κ2) is 8.57. The van der Waals surface area contributed by atoms with Crippen LogP contribution in [0.15, 0.2) is 142 Å². The zero-order valence-electron chi connectivity index (χ0n) is 22.9. The fourth-order valence-electron chi connectivity index (χ4n) is 7.10. The third kappa shape index (κ3) is 3.23. The van der Waals surface area contributed by atoms with Crippen molar-refractivity contribution in [2.75, 3.05) is 0 Å². The van der Waals surface area contributed by atoms with Crippen molar-refractivity contribution in [1.82, 2.24) is 0 Å². The van der Waals surface area contributed by atoms with Crippen molar-refractivity contribution >= 4 is 86.0 Å². The van der Waals surface area contributed by atoms with Gasteiger partial charge in [-0.25, -0.2) is 0 Å². The molecule has 2 nitrogen and oxygen atoms in total. The summed E-state index contributed by atoms with van der Waals surface area (Å²) in [6.07, 6.45) is 1.73. The zero-order valence-corrected chi connectivity index (χ0v) is 23.7. The van der Waals surface area contributed by atoms with Crippen LogP contribution >= 0.6 is 11.3 Å². The number of rotatable bonds is 2. The highest BCUT2D eigenvalue weighted by atomic mass is 32.1. The van der Waals surface area contributed by atoms with Gasteiger partial charge in [0.1, 0.15) is 16.7 Å². The van der Waals surface area contributed by atoms with E-state index in [2.05, 4.69) is 115 Å². The zero-order chi connectivity index (χ0) is 28.1. The molecule has 0 radical (unpaired) electrons. The average molecular weight is 567 g/mol. The van der Waals surface area contributed by atoms with Gasteiger partial charge in [0, 0.05) is 42.4 Å². The molecule has 0 saturated carbocycles. The Labute approximate surface area is 250 Å². The Morgan fingerprint density at radius 2 is 1.12 bits per heavy atom. The predicted octanol–water partition coefficient (Wildman–Crippen LogP) is 12.3. The maximum Gasteiger partial charge on any atom is 0.139 e. The number of furan rings is 2. The monoisotopic (exact) mass is 566 g/mol. The lowest BCUT2D eigenvalue weighted by molar-refractivity contribution is 0.613. The van der Waals surface area contributed by atoms with Crippen LogP contribution in [0.1, 0.15) is 0 Å². The lowest BCUT2D eigenvalue weighted by Gasteiger charge is -2.18. The van der Waals surface area contributed by atoms with Gasteiger partial charge in [0.25, 0.3) is 0 Å². The van der Waals surface area contributed by atoms with Crippen molar-refractivity contribution in [3.63, 3.8) is 0 Å². The van der Waals surface area contributed by atoms with Gasteiger partial charge in [0.05, 0.1) is 6.26 Å². The number of benzene rings is 7. The first-order valence-corrected chi connectivity index (χ1v) is 15.3. The summed E-state index contributed by atoms with van der Waals surface area (Å²) < 4.78 is 14.6. The van der Waals surface area contributed by atoms with Crippen LogP contribution in [0.3, 0.4) is 0 Å². The smallest absolute Gasteiger partial charge is 0.139 e. The van der Waals surface area contributed by atoms with Crippen molar-refractivity contribution in [1.29, 1.82) is 0 Å². The molecule has 0 amide bonds. The molecule has 0 aliphatic rings. The number of fused-ring (bicyclic) bond motifs is 9. The quantitative estimate of drug-likeness (QED) is 0.195. The van der Waals surface area contributed by atoms with Gasteiger partial charge in [0.2, 0.25) is 0 Å². The summed E-state index contributed by atoms with van der Waals surface area (Å²) in [7, 11) is 0. The largest absolute Gasteiger partial charge is 0.464 e. The van der Waals surface area contributed by atoms with Crippen molar-refractivity contribution in [2.45, 2.75) is 0 Å². The first-order chi connectivity index (χ1) is 21.3. The average Bonchev–Trinajstić information content (AvgIpc) is 3.77. The van der Waals surface area contributed by atoms with Crippen LogP contribution in [-0.2, 0) is 0 Å². The van der Waals surface area contributed by atoms with Gasteiger partial charge >= 0.3 is 0 Å². The molecule has 0 fully saturated rings. The Balaban J connectivity index is 1.32. The topological polar surface area (TPSA) is 26.3 Å². The SMILES string of the molecule is c1ccc2c(c1)sc1cccc(-c3c4ccccc4c(-c4ccc5oc6cc7occc7cc6c5c4)c4ccccc34)c12. The molecule has 3 heteroatoms. The molecule has 0 spiro atoms. The van der Waals surface area contributed by atoms with Gasteiger partial charge in [-0.15, -0.1) is 11.3 Å². The summed E-state index contributed by atoms with van der Waals surface area (Å²) in [4.78, 5) is 0. The summed E-state index contributed by atoms with van der Waals surface area (Å²) >= 11 is 1.87. The molecule has 3 heterocycles.